The maximum absolute atomic E-state index is 13.9. The number of rotatable bonds is 12. The van der Waals surface area contributed by atoms with E-state index < -0.39 is 42.2 Å². The zero-order valence-electron chi connectivity index (χ0n) is 26.2. The SMILES string of the molecule is COc1ccc(-n2nc3c(c2-c2ccc(C)cc2)CCCC3C(=O)NC(CC(=O)O)C(=O)NC(Cc2ccccc2)C(C)=O)cc1. The standard InChI is InChI=1S/C36H38N4O6/c1-22-12-14-25(15-13-22)34-28-10-7-11-29(33(28)39-40(34)26-16-18-27(46-3)19-17-26)35(44)38-31(21-32(42)43)36(45)37-30(23(2)41)20-24-8-5-4-6-9-24/h4-6,8-9,12-19,29-31H,7,10-11,20-21H2,1-3H3,(H,37,45)(H,38,44)(H,42,43). The molecule has 10 heteroatoms. The molecule has 4 aromatic rings. The van der Waals surface area contributed by atoms with E-state index in [9.17, 15) is 24.3 Å². The molecule has 238 valence electrons. The summed E-state index contributed by atoms with van der Waals surface area (Å²) in [5.74, 6) is -2.75. The summed E-state index contributed by atoms with van der Waals surface area (Å²) in [7, 11) is 1.60. The molecule has 0 fully saturated rings. The number of carbonyl (C=O) groups is 4. The fraction of sp³-hybridized carbons (Fsp3) is 0.306. The third-order valence-electron chi connectivity index (χ3n) is 8.32. The maximum Gasteiger partial charge on any atom is 0.305 e. The Morgan fingerprint density at radius 1 is 0.957 bits per heavy atom. The normalized spacial score (nSPS) is 15.2. The summed E-state index contributed by atoms with van der Waals surface area (Å²) in [6.07, 6.45) is 1.50. The van der Waals surface area contributed by atoms with Gasteiger partial charge in [0.1, 0.15) is 11.8 Å². The van der Waals surface area contributed by atoms with Crippen molar-refractivity contribution < 1.29 is 29.0 Å². The number of fused-ring (bicyclic) bond motifs is 1. The third kappa shape index (κ3) is 7.34. The first kappa shape index (κ1) is 32.2. The second-order valence-electron chi connectivity index (χ2n) is 11.7. The first-order valence-corrected chi connectivity index (χ1v) is 15.3. The fourth-order valence-electron chi connectivity index (χ4n) is 5.86. The van der Waals surface area contributed by atoms with E-state index in [1.807, 2.05) is 90.5 Å². The first-order valence-electron chi connectivity index (χ1n) is 15.3. The van der Waals surface area contributed by atoms with Crippen LogP contribution in [0.25, 0.3) is 16.9 Å². The average Bonchev–Trinajstić information content (AvgIpc) is 3.44. The van der Waals surface area contributed by atoms with Crippen LogP contribution in [0.1, 0.15) is 54.5 Å². The Labute approximate surface area is 267 Å². The molecule has 0 aliphatic heterocycles. The number of ketones is 1. The number of benzene rings is 3. The number of carboxylic acids is 1. The summed E-state index contributed by atoms with van der Waals surface area (Å²) in [6, 6.07) is 22.6. The number of nitrogens with zero attached hydrogens (tertiary/aromatic N) is 2. The minimum absolute atomic E-state index is 0.242. The second kappa shape index (κ2) is 14.2. The molecular formula is C36H38N4O6. The Morgan fingerprint density at radius 3 is 2.28 bits per heavy atom. The number of ether oxygens (including phenoxy) is 1. The van der Waals surface area contributed by atoms with E-state index in [1.165, 1.54) is 6.92 Å². The molecule has 3 atom stereocenters. The number of methoxy groups -OCH3 is 1. The number of aromatic nitrogens is 2. The summed E-state index contributed by atoms with van der Waals surface area (Å²) in [5, 5.41) is 19.9. The molecule has 0 saturated heterocycles. The highest BCUT2D eigenvalue weighted by Gasteiger charge is 2.36. The van der Waals surface area contributed by atoms with E-state index in [4.69, 9.17) is 9.84 Å². The third-order valence-corrected chi connectivity index (χ3v) is 8.32. The summed E-state index contributed by atoms with van der Waals surface area (Å²) < 4.78 is 7.17. The number of carboxylic acid groups (broad SMARTS) is 1. The zero-order chi connectivity index (χ0) is 32.8. The Kier molecular flexibility index (Phi) is 9.95. The highest BCUT2D eigenvalue weighted by atomic mass is 16.5. The monoisotopic (exact) mass is 622 g/mol. The summed E-state index contributed by atoms with van der Waals surface area (Å²) in [5.41, 5.74) is 6.11. The van der Waals surface area contributed by atoms with Crippen LogP contribution in [0.2, 0.25) is 0 Å². The molecule has 0 saturated carbocycles. The minimum atomic E-state index is -1.38. The van der Waals surface area contributed by atoms with Crippen molar-refractivity contribution >= 4 is 23.6 Å². The van der Waals surface area contributed by atoms with Gasteiger partial charge >= 0.3 is 5.97 Å². The lowest BCUT2D eigenvalue weighted by molar-refractivity contribution is -0.141. The van der Waals surface area contributed by atoms with Crippen LogP contribution < -0.4 is 15.4 Å². The average molecular weight is 623 g/mol. The Morgan fingerprint density at radius 2 is 1.65 bits per heavy atom. The molecule has 0 radical (unpaired) electrons. The predicted molar refractivity (Wildman–Crippen MR) is 173 cm³/mol. The van der Waals surface area contributed by atoms with Gasteiger partial charge in [-0.15, -0.1) is 0 Å². The summed E-state index contributed by atoms with van der Waals surface area (Å²) in [4.78, 5) is 51.5. The van der Waals surface area contributed by atoms with Crippen molar-refractivity contribution in [3.8, 4) is 22.7 Å². The number of carbonyl (C=O) groups excluding carboxylic acids is 3. The molecule has 5 rings (SSSR count). The van der Waals surface area contributed by atoms with E-state index in [2.05, 4.69) is 10.6 Å². The molecule has 0 spiro atoms. The first-order chi connectivity index (χ1) is 22.1. The summed E-state index contributed by atoms with van der Waals surface area (Å²) >= 11 is 0. The highest BCUT2D eigenvalue weighted by molar-refractivity contribution is 5.95. The quantitative estimate of drug-likeness (QED) is 0.211. The number of Topliss-reactive ketones (excluding diaryl/α,β-unsaturated/α-hetero) is 1. The van der Waals surface area contributed by atoms with Crippen LogP contribution in [0, 0.1) is 6.92 Å². The topological polar surface area (TPSA) is 140 Å². The Bertz CT molecular complexity index is 1710. The molecule has 1 aliphatic carbocycles. The zero-order valence-corrected chi connectivity index (χ0v) is 26.2. The van der Waals surface area contributed by atoms with Crippen molar-refractivity contribution in [2.45, 2.75) is 64.0 Å². The number of aliphatic carboxylic acids is 1. The van der Waals surface area contributed by atoms with Gasteiger partial charge in [-0.3, -0.25) is 19.2 Å². The molecule has 3 aromatic carbocycles. The van der Waals surface area contributed by atoms with Gasteiger partial charge < -0.3 is 20.5 Å². The van der Waals surface area contributed by atoms with E-state index >= 15 is 0 Å². The lowest BCUT2D eigenvalue weighted by Gasteiger charge is -2.25. The maximum atomic E-state index is 13.9. The molecule has 3 N–H and O–H groups in total. The largest absolute Gasteiger partial charge is 0.497 e. The number of hydrogen-bond donors (Lipinski definition) is 3. The van der Waals surface area contributed by atoms with E-state index in [-0.39, 0.29) is 12.2 Å². The van der Waals surface area contributed by atoms with Gasteiger partial charge in [0.25, 0.3) is 0 Å². The number of aryl methyl sites for hydroxylation is 1. The highest BCUT2D eigenvalue weighted by Crippen LogP contribution is 2.39. The van der Waals surface area contributed by atoms with Gasteiger partial charge in [-0.1, -0.05) is 60.2 Å². The Balaban J connectivity index is 1.44. The van der Waals surface area contributed by atoms with E-state index in [0.717, 1.165) is 33.6 Å². The lowest BCUT2D eigenvalue weighted by atomic mass is 9.84. The smallest absolute Gasteiger partial charge is 0.305 e. The molecule has 10 nitrogen and oxygen atoms in total. The number of amides is 2. The van der Waals surface area contributed by atoms with Gasteiger partial charge in [0.15, 0.2) is 5.78 Å². The molecule has 1 aromatic heterocycles. The van der Waals surface area contributed by atoms with Crippen molar-refractivity contribution in [2.75, 3.05) is 7.11 Å². The number of nitrogens with one attached hydrogen (secondary N) is 2. The molecule has 0 bridgehead atoms. The van der Waals surface area contributed by atoms with Crippen LogP contribution in [0.15, 0.2) is 78.9 Å². The van der Waals surface area contributed by atoms with Gasteiger partial charge in [0.05, 0.1) is 42.6 Å². The van der Waals surface area contributed by atoms with Crippen molar-refractivity contribution in [3.63, 3.8) is 0 Å². The van der Waals surface area contributed by atoms with Crippen molar-refractivity contribution in [3.05, 3.63) is 101 Å². The Hall–Kier alpha value is -5.25. The molecule has 1 heterocycles. The number of hydrogen-bond acceptors (Lipinski definition) is 6. The molecule has 2 amide bonds. The minimum Gasteiger partial charge on any atom is -0.497 e. The van der Waals surface area contributed by atoms with Gasteiger partial charge in [-0.2, -0.15) is 5.10 Å². The van der Waals surface area contributed by atoms with Crippen LogP contribution in [0.4, 0.5) is 0 Å². The summed E-state index contributed by atoms with van der Waals surface area (Å²) in [6.45, 7) is 3.39. The van der Waals surface area contributed by atoms with Crippen molar-refractivity contribution in [1.29, 1.82) is 0 Å². The van der Waals surface area contributed by atoms with Gasteiger partial charge in [0.2, 0.25) is 11.8 Å². The molecule has 1 aliphatic rings. The van der Waals surface area contributed by atoms with Gasteiger partial charge in [-0.25, -0.2) is 4.68 Å². The lowest BCUT2D eigenvalue weighted by Crippen LogP contribution is -2.53. The predicted octanol–water partition coefficient (Wildman–Crippen LogP) is 4.55. The molecule has 46 heavy (non-hydrogen) atoms. The van der Waals surface area contributed by atoms with Gasteiger partial charge in [-0.05, 0) is 69.4 Å². The fourth-order valence-corrected chi connectivity index (χ4v) is 5.86. The second-order valence-corrected chi connectivity index (χ2v) is 11.7. The molecule has 3 unspecified atom stereocenters. The van der Waals surface area contributed by atoms with E-state index in [0.29, 0.717) is 30.7 Å². The molecular weight excluding hydrogens is 584 g/mol. The van der Waals surface area contributed by atoms with E-state index in [1.54, 1.807) is 7.11 Å². The van der Waals surface area contributed by atoms with Crippen LogP contribution in [-0.2, 0) is 32.0 Å². The van der Waals surface area contributed by atoms with Crippen molar-refractivity contribution in [1.82, 2.24) is 20.4 Å². The van der Waals surface area contributed by atoms with Crippen LogP contribution >= 0.6 is 0 Å². The van der Waals surface area contributed by atoms with Crippen molar-refractivity contribution in [2.24, 2.45) is 0 Å². The van der Waals surface area contributed by atoms with Crippen LogP contribution in [0.5, 0.6) is 5.75 Å². The van der Waals surface area contributed by atoms with Crippen LogP contribution in [-0.4, -0.2) is 57.6 Å². The van der Waals surface area contributed by atoms with Gasteiger partial charge in [0, 0.05) is 11.1 Å². The van der Waals surface area contributed by atoms with Crippen LogP contribution in [0.3, 0.4) is 0 Å².